The van der Waals surface area contributed by atoms with E-state index in [9.17, 15) is 0 Å². The van der Waals surface area contributed by atoms with Crippen molar-refractivity contribution in [2.75, 3.05) is 83.4 Å². The zero-order chi connectivity index (χ0) is 40.0. The summed E-state index contributed by atoms with van der Waals surface area (Å²) >= 11 is 5.33. The van der Waals surface area contributed by atoms with Gasteiger partial charge in [-0.25, -0.2) is 0 Å². The summed E-state index contributed by atoms with van der Waals surface area (Å²) < 4.78 is 73.7. The van der Waals surface area contributed by atoms with Crippen LogP contribution in [0.15, 0.2) is 36.4 Å². The monoisotopic (exact) mass is 852 g/mol. The molecule has 3 saturated carbocycles. The molecule has 3 aliphatic carbocycles. The largest absolute Gasteiger partial charge is 0.359 e. The summed E-state index contributed by atoms with van der Waals surface area (Å²) in [5, 5.41) is 0. The Hall–Kier alpha value is -1.38. The SMILES string of the molecule is COCOC12CCC(OCOC)(CC1)c1ccc(s1)C1(OCOC)CCC(OCOC)(CC1)c1ccc(s1)C1(OCOC)CCC(OCOC)(CC1)c1ccc2s1. The fourth-order valence-corrected chi connectivity index (χ4v) is 13.7. The van der Waals surface area contributed by atoms with E-state index in [-0.39, 0.29) is 40.8 Å². The Kier molecular flexibility index (Phi) is 14.3. The van der Waals surface area contributed by atoms with Gasteiger partial charge in [0.1, 0.15) is 74.4 Å². The van der Waals surface area contributed by atoms with Gasteiger partial charge in [-0.05, 0) is 113 Å². The highest BCUT2D eigenvalue weighted by atomic mass is 32.1. The molecular formula is C42H60O12S3. The van der Waals surface area contributed by atoms with E-state index >= 15 is 0 Å². The van der Waals surface area contributed by atoms with Crippen LogP contribution in [0, 0.1) is 0 Å². The van der Waals surface area contributed by atoms with Crippen molar-refractivity contribution in [3.8, 4) is 0 Å². The zero-order valence-electron chi connectivity index (χ0n) is 34.3. The van der Waals surface area contributed by atoms with Gasteiger partial charge in [-0.2, -0.15) is 0 Å². The topological polar surface area (TPSA) is 111 Å². The smallest absolute Gasteiger partial charge is 0.147 e. The molecule has 12 nitrogen and oxygen atoms in total. The molecule has 0 aromatic carbocycles. The highest BCUT2D eigenvalue weighted by Gasteiger charge is 2.53. The summed E-state index contributed by atoms with van der Waals surface area (Å²) in [6, 6.07) is 13.4. The first kappa shape index (κ1) is 43.7. The molecule has 0 spiro atoms. The molecule has 3 fully saturated rings. The number of methoxy groups -OCH3 is 6. The highest BCUT2D eigenvalue weighted by Crippen LogP contribution is 2.59. The van der Waals surface area contributed by atoms with Crippen molar-refractivity contribution in [2.24, 2.45) is 0 Å². The lowest BCUT2D eigenvalue weighted by molar-refractivity contribution is -0.202. The van der Waals surface area contributed by atoms with Crippen LogP contribution in [0.4, 0.5) is 0 Å². The molecule has 0 atom stereocenters. The number of ether oxygens (including phenoxy) is 12. The Morgan fingerprint density at radius 3 is 0.561 bits per heavy atom. The van der Waals surface area contributed by atoms with Gasteiger partial charge in [0.15, 0.2) is 0 Å². The first-order chi connectivity index (χ1) is 27.7. The van der Waals surface area contributed by atoms with Crippen molar-refractivity contribution in [1.29, 1.82) is 0 Å². The zero-order valence-corrected chi connectivity index (χ0v) is 36.8. The van der Waals surface area contributed by atoms with E-state index in [1.807, 2.05) is 0 Å². The van der Waals surface area contributed by atoms with Crippen LogP contribution < -0.4 is 0 Å². The predicted octanol–water partition coefficient (Wildman–Crippen LogP) is 8.90. The molecule has 15 heteroatoms. The van der Waals surface area contributed by atoms with Crippen molar-refractivity contribution >= 4 is 34.0 Å². The Morgan fingerprint density at radius 1 is 0.298 bits per heavy atom. The Morgan fingerprint density at radius 2 is 0.439 bits per heavy atom. The fraction of sp³-hybridized carbons (Fsp3) is 0.714. The third kappa shape index (κ3) is 8.47. The van der Waals surface area contributed by atoms with E-state index in [0.717, 1.165) is 106 Å². The van der Waals surface area contributed by atoms with Gasteiger partial charge < -0.3 is 56.8 Å². The number of fused-ring (bicyclic) bond motifs is 3. The van der Waals surface area contributed by atoms with E-state index in [0.29, 0.717) is 0 Å². The van der Waals surface area contributed by atoms with Gasteiger partial charge in [-0.15, -0.1) is 34.0 Å². The van der Waals surface area contributed by atoms with Crippen LogP contribution >= 0.6 is 34.0 Å². The molecule has 57 heavy (non-hydrogen) atoms. The maximum Gasteiger partial charge on any atom is 0.147 e. The third-order valence-electron chi connectivity index (χ3n) is 12.8. The van der Waals surface area contributed by atoms with Crippen LogP contribution in [-0.2, 0) is 90.4 Å². The number of hydrogen-bond acceptors (Lipinski definition) is 15. The quantitative estimate of drug-likeness (QED) is 0.114. The second-order valence-electron chi connectivity index (χ2n) is 15.8. The van der Waals surface area contributed by atoms with E-state index in [1.54, 1.807) is 76.7 Å². The molecule has 318 valence electrons. The average Bonchev–Trinajstić information content (AvgIpc) is 4.07. The summed E-state index contributed by atoms with van der Waals surface area (Å²) in [6.07, 6.45) is 8.81. The normalized spacial score (nSPS) is 32.5. The molecule has 0 saturated heterocycles. The molecule has 4 aliphatic heterocycles. The van der Waals surface area contributed by atoms with Gasteiger partial charge in [0.05, 0.1) is 0 Å². The summed E-state index contributed by atoms with van der Waals surface area (Å²) in [6.45, 7) is 1.11. The second-order valence-corrected chi connectivity index (χ2v) is 19.0. The van der Waals surface area contributed by atoms with Crippen LogP contribution in [0.1, 0.15) is 106 Å². The molecule has 0 radical (unpaired) electrons. The lowest BCUT2D eigenvalue weighted by Gasteiger charge is -2.46. The minimum Gasteiger partial charge on any atom is -0.359 e. The molecule has 7 aliphatic rings. The first-order valence-corrected chi connectivity index (χ1v) is 22.3. The van der Waals surface area contributed by atoms with Gasteiger partial charge in [0.2, 0.25) is 0 Å². The highest BCUT2D eigenvalue weighted by molar-refractivity contribution is 7.13. The van der Waals surface area contributed by atoms with Crippen molar-refractivity contribution in [1.82, 2.24) is 0 Å². The molecule has 3 aromatic rings. The van der Waals surface area contributed by atoms with Crippen LogP contribution in [0.3, 0.4) is 0 Å². The van der Waals surface area contributed by atoms with Gasteiger partial charge in [-0.3, -0.25) is 0 Å². The Balaban J connectivity index is 1.36. The third-order valence-corrected chi connectivity index (χ3v) is 17.2. The molecule has 0 unspecified atom stereocenters. The molecule has 3 aromatic heterocycles. The predicted molar refractivity (Wildman–Crippen MR) is 216 cm³/mol. The Labute approximate surface area is 349 Å². The van der Waals surface area contributed by atoms with Gasteiger partial charge in [0, 0.05) is 71.9 Å². The molecule has 7 heterocycles. The van der Waals surface area contributed by atoms with Crippen LogP contribution in [-0.4, -0.2) is 83.4 Å². The van der Waals surface area contributed by atoms with Crippen LogP contribution in [0.2, 0.25) is 0 Å². The van der Waals surface area contributed by atoms with E-state index < -0.39 is 33.6 Å². The number of hydrogen-bond donors (Lipinski definition) is 0. The molecule has 0 amide bonds. The van der Waals surface area contributed by atoms with E-state index in [2.05, 4.69) is 36.4 Å². The molecule has 0 N–H and O–H groups in total. The van der Waals surface area contributed by atoms with Crippen LogP contribution in [0.25, 0.3) is 0 Å². The van der Waals surface area contributed by atoms with Crippen molar-refractivity contribution < 1.29 is 56.8 Å². The number of rotatable bonds is 18. The maximum absolute atomic E-state index is 6.73. The maximum atomic E-state index is 6.73. The van der Waals surface area contributed by atoms with Gasteiger partial charge >= 0.3 is 0 Å². The first-order valence-electron chi connectivity index (χ1n) is 19.8. The van der Waals surface area contributed by atoms with Crippen molar-refractivity contribution in [3.05, 3.63) is 65.7 Å². The molecule has 12 bridgehead atoms. The molecule has 10 rings (SSSR count). The molecular weight excluding hydrogens is 793 g/mol. The summed E-state index contributed by atoms with van der Waals surface area (Å²) in [5.74, 6) is 0. The van der Waals surface area contributed by atoms with Gasteiger partial charge in [-0.1, -0.05) is 0 Å². The second kappa shape index (κ2) is 18.7. The van der Waals surface area contributed by atoms with E-state index in [4.69, 9.17) is 56.8 Å². The van der Waals surface area contributed by atoms with E-state index in [1.165, 1.54) is 0 Å². The summed E-state index contributed by atoms with van der Waals surface area (Å²) in [7, 11) is 10.1. The van der Waals surface area contributed by atoms with Gasteiger partial charge in [0.25, 0.3) is 0 Å². The number of thiophene rings is 3. The Bertz CT molecular complexity index is 1380. The van der Waals surface area contributed by atoms with Crippen molar-refractivity contribution in [2.45, 2.75) is 111 Å². The summed E-state index contributed by atoms with van der Waals surface area (Å²) in [5.41, 5.74) is -3.39. The summed E-state index contributed by atoms with van der Waals surface area (Å²) in [4.78, 5) is 6.96. The minimum atomic E-state index is -0.564. The van der Waals surface area contributed by atoms with Crippen molar-refractivity contribution in [3.63, 3.8) is 0 Å². The fourth-order valence-electron chi connectivity index (χ4n) is 9.46. The van der Waals surface area contributed by atoms with Crippen LogP contribution in [0.5, 0.6) is 0 Å². The lowest BCUT2D eigenvalue weighted by Crippen LogP contribution is -2.43. The minimum absolute atomic E-state index is 0.185. The average molecular weight is 853 g/mol. The lowest BCUT2D eigenvalue weighted by atomic mass is 9.73. The standard InChI is InChI=1S/C42H60O12S3/c1-43-25-49-37-13-15-38(16-14-37,50-26-44-2)33-9-10-34(56-33)41(53-29-47-5)21-23-42(24-22-41,54-30-48-6)36-12-11-35(57-36)40(52-28-46-4)19-17-39(18-20-40,51-27-45-3)32-8-7-31(37)55-32/h7-12H,13-30H2,1-6H3.